The molecule has 1 aliphatic heterocycles. The molecule has 1 heterocycles. The first kappa shape index (κ1) is 19.9. The zero-order valence-corrected chi connectivity index (χ0v) is 16.5. The summed E-state index contributed by atoms with van der Waals surface area (Å²) in [6, 6.07) is 15.8. The van der Waals surface area contributed by atoms with Gasteiger partial charge in [-0.25, -0.2) is 4.79 Å². The highest BCUT2D eigenvalue weighted by Crippen LogP contribution is 2.21. The minimum absolute atomic E-state index is 0.0521. The third-order valence-electron chi connectivity index (χ3n) is 4.95. The number of benzene rings is 2. The van der Waals surface area contributed by atoms with Crippen LogP contribution in [0.1, 0.15) is 30.9 Å². The van der Waals surface area contributed by atoms with Crippen LogP contribution >= 0.6 is 0 Å². The molecule has 1 saturated heterocycles. The molecule has 6 heteroatoms. The van der Waals surface area contributed by atoms with Crippen molar-refractivity contribution in [2.24, 2.45) is 0 Å². The van der Waals surface area contributed by atoms with Gasteiger partial charge in [0.2, 0.25) is 5.91 Å². The zero-order chi connectivity index (χ0) is 19.9. The van der Waals surface area contributed by atoms with E-state index in [0.29, 0.717) is 17.8 Å². The van der Waals surface area contributed by atoms with Crippen LogP contribution in [0.15, 0.2) is 48.5 Å². The monoisotopic (exact) mass is 380 g/mol. The van der Waals surface area contributed by atoms with Gasteiger partial charge in [0.1, 0.15) is 0 Å². The second kappa shape index (κ2) is 9.37. The van der Waals surface area contributed by atoms with Gasteiger partial charge in [-0.3, -0.25) is 9.69 Å². The summed E-state index contributed by atoms with van der Waals surface area (Å²) in [5, 5.41) is 8.79. The summed E-state index contributed by atoms with van der Waals surface area (Å²) in [6.07, 6.45) is 1.35. The first-order valence-corrected chi connectivity index (χ1v) is 9.78. The minimum atomic E-state index is -0.214. The van der Waals surface area contributed by atoms with Crippen LogP contribution in [0.2, 0.25) is 0 Å². The van der Waals surface area contributed by atoms with Gasteiger partial charge in [-0.1, -0.05) is 43.3 Å². The fourth-order valence-electron chi connectivity index (χ4n) is 3.36. The normalized spacial score (nSPS) is 16.6. The minimum Gasteiger partial charge on any atom is -0.334 e. The van der Waals surface area contributed by atoms with Crippen LogP contribution in [0, 0.1) is 6.92 Å². The van der Waals surface area contributed by atoms with Crippen LogP contribution in [-0.2, 0) is 11.3 Å². The summed E-state index contributed by atoms with van der Waals surface area (Å²) in [5.74, 6) is -0.0521. The van der Waals surface area contributed by atoms with Crippen LogP contribution < -0.4 is 16.0 Å². The Balaban J connectivity index is 1.52. The van der Waals surface area contributed by atoms with Crippen LogP contribution in [0.4, 0.5) is 16.2 Å². The van der Waals surface area contributed by atoms with Gasteiger partial charge in [0, 0.05) is 43.5 Å². The lowest BCUT2D eigenvalue weighted by atomic mass is 10.1. The Hall–Kier alpha value is -2.86. The van der Waals surface area contributed by atoms with Crippen molar-refractivity contribution >= 4 is 23.3 Å². The molecule has 148 valence electrons. The number of rotatable bonds is 6. The third-order valence-corrected chi connectivity index (χ3v) is 4.95. The standard InChI is InChI=1S/C22H28N4O2/c1-3-21(27)23-18-10-9-16(2)20(13-18)25-22(28)24-19-11-12-26(15-19)14-17-7-5-4-6-8-17/h4-10,13,19H,3,11-12,14-15H2,1-2H3,(H,23,27)(H2,24,25,28)/t19-/m0/s1. The van der Waals surface area contributed by atoms with Gasteiger partial charge in [0.15, 0.2) is 0 Å². The maximum absolute atomic E-state index is 12.4. The molecule has 3 amide bonds. The van der Waals surface area contributed by atoms with Crippen molar-refractivity contribution in [3.05, 3.63) is 59.7 Å². The third kappa shape index (κ3) is 5.57. The lowest BCUT2D eigenvalue weighted by molar-refractivity contribution is -0.115. The van der Waals surface area contributed by atoms with Gasteiger partial charge in [-0.15, -0.1) is 0 Å². The number of carbonyl (C=O) groups is 2. The summed E-state index contributed by atoms with van der Waals surface area (Å²) >= 11 is 0. The van der Waals surface area contributed by atoms with Crippen molar-refractivity contribution in [1.29, 1.82) is 0 Å². The summed E-state index contributed by atoms with van der Waals surface area (Å²) in [7, 11) is 0. The molecule has 0 aromatic heterocycles. The first-order chi connectivity index (χ1) is 13.5. The topological polar surface area (TPSA) is 73.5 Å². The lowest BCUT2D eigenvalue weighted by Gasteiger charge is -2.18. The number of urea groups is 1. The second-order valence-electron chi connectivity index (χ2n) is 7.24. The van der Waals surface area contributed by atoms with Crippen molar-refractivity contribution in [2.75, 3.05) is 23.7 Å². The van der Waals surface area contributed by atoms with Crippen molar-refractivity contribution in [2.45, 2.75) is 39.3 Å². The van der Waals surface area contributed by atoms with E-state index in [1.165, 1.54) is 5.56 Å². The van der Waals surface area contributed by atoms with Gasteiger partial charge >= 0.3 is 6.03 Å². The maximum atomic E-state index is 12.4. The van der Waals surface area contributed by atoms with E-state index in [1.54, 1.807) is 13.0 Å². The molecule has 0 unspecified atom stereocenters. The summed E-state index contributed by atoms with van der Waals surface area (Å²) < 4.78 is 0. The van der Waals surface area contributed by atoms with Crippen molar-refractivity contribution < 1.29 is 9.59 Å². The highest BCUT2D eigenvalue weighted by Gasteiger charge is 2.24. The largest absolute Gasteiger partial charge is 0.334 e. The molecule has 0 bridgehead atoms. The van der Waals surface area contributed by atoms with E-state index in [1.807, 2.05) is 37.3 Å². The van der Waals surface area contributed by atoms with E-state index in [2.05, 4.69) is 33.0 Å². The highest BCUT2D eigenvalue weighted by atomic mass is 16.2. The Kier molecular flexibility index (Phi) is 6.66. The van der Waals surface area contributed by atoms with Gasteiger partial charge < -0.3 is 16.0 Å². The number of carbonyl (C=O) groups excluding carboxylic acids is 2. The molecule has 6 nitrogen and oxygen atoms in total. The van der Waals surface area contributed by atoms with Crippen molar-refractivity contribution in [3.63, 3.8) is 0 Å². The average molecular weight is 380 g/mol. The average Bonchev–Trinajstić information content (AvgIpc) is 3.11. The van der Waals surface area contributed by atoms with Gasteiger partial charge in [0.25, 0.3) is 0 Å². The molecule has 0 saturated carbocycles. The lowest BCUT2D eigenvalue weighted by Crippen LogP contribution is -2.39. The van der Waals surface area contributed by atoms with Crippen molar-refractivity contribution in [1.82, 2.24) is 10.2 Å². The molecule has 0 aliphatic carbocycles. The molecule has 2 aromatic rings. The van der Waals surface area contributed by atoms with E-state index in [4.69, 9.17) is 0 Å². The number of amides is 3. The number of aryl methyl sites for hydroxylation is 1. The highest BCUT2D eigenvalue weighted by molar-refractivity contribution is 5.94. The van der Waals surface area contributed by atoms with E-state index in [0.717, 1.165) is 31.6 Å². The van der Waals surface area contributed by atoms with E-state index >= 15 is 0 Å². The first-order valence-electron chi connectivity index (χ1n) is 9.78. The Labute approximate surface area is 166 Å². The van der Waals surface area contributed by atoms with Crippen LogP contribution in [0.3, 0.4) is 0 Å². The predicted octanol–water partition coefficient (Wildman–Crippen LogP) is 3.74. The Morgan fingerprint density at radius 1 is 1.11 bits per heavy atom. The fourth-order valence-corrected chi connectivity index (χ4v) is 3.36. The van der Waals surface area contributed by atoms with Gasteiger partial charge in [-0.2, -0.15) is 0 Å². The van der Waals surface area contributed by atoms with E-state index in [9.17, 15) is 9.59 Å². The summed E-state index contributed by atoms with van der Waals surface area (Å²) in [6.45, 7) is 6.45. The van der Waals surface area contributed by atoms with Crippen LogP contribution in [-0.4, -0.2) is 36.0 Å². The van der Waals surface area contributed by atoms with Crippen LogP contribution in [0.5, 0.6) is 0 Å². The summed E-state index contributed by atoms with van der Waals surface area (Å²) in [5.41, 5.74) is 3.61. The smallest absolute Gasteiger partial charge is 0.319 e. The Morgan fingerprint density at radius 3 is 2.64 bits per heavy atom. The van der Waals surface area contributed by atoms with Gasteiger partial charge in [-0.05, 0) is 36.6 Å². The molecule has 1 atom stereocenters. The maximum Gasteiger partial charge on any atom is 0.319 e. The molecule has 28 heavy (non-hydrogen) atoms. The Morgan fingerprint density at radius 2 is 1.89 bits per heavy atom. The van der Waals surface area contributed by atoms with E-state index < -0.39 is 0 Å². The Bertz CT molecular complexity index is 823. The van der Waals surface area contributed by atoms with Crippen LogP contribution in [0.25, 0.3) is 0 Å². The number of anilines is 2. The van der Waals surface area contributed by atoms with Crippen molar-refractivity contribution in [3.8, 4) is 0 Å². The molecule has 3 N–H and O–H groups in total. The van der Waals surface area contributed by atoms with Gasteiger partial charge in [0.05, 0.1) is 0 Å². The molecule has 1 fully saturated rings. The second-order valence-corrected chi connectivity index (χ2v) is 7.24. The number of hydrogen-bond donors (Lipinski definition) is 3. The molecule has 0 spiro atoms. The molecule has 0 radical (unpaired) electrons. The molecule has 2 aromatic carbocycles. The number of hydrogen-bond acceptors (Lipinski definition) is 3. The predicted molar refractivity (Wildman–Crippen MR) is 112 cm³/mol. The number of nitrogens with one attached hydrogen (secondary N) is 3. The molecule has 1 aliphatic rings. The number of likely N-dealkylation sites (tertiary alicyclic amines) is 1. The quantitative estimate of drug-likeness (QED) is 0.715. The SMILES string of the molecule is CCC(=O)Nc1ccc(C)c(NC(=O)N[C@H]2CCN(Cc3ccccc3)C2)c1. The zero-order valence-electron chi connectivity index (χ0n) is 16.5. The molecule has 3 rings (SSSR count). The molecular weight excluding hydrogens is 352 g/mol. The summed E-state index contributed by atoms with van der Waals surface area (Å²) in [4.78, 5) is 26.4. The fraction of sp³-hybridized carbons (Fsp3) is 0.364. The molecular formula is C22H28N4O2. The van der Waals surface area contributed by atoms with E-state index in [-0.39, 0.29) is 18.0 Å². The number of nitrogens with zero attached hydrogens (tertiary/aromatic N) is 1.